The third kappa shape index (κ3) is 3.69. The van der Waals surface area contributed by atoms with Gasteiger partial charge in [-0.3, -0.25) is 4.90 Å². The molecule has 0 bridgehead atoms. The molecule has 2 fully saturated rings. The predicted molar refractivity (Wildman–Crippen MR) is 75.9 cm³/mol. The van der Waals surface area contributed by atoms with Gasteiger partial charge in [-0.1, -0.05) is 13.3 Å². The van der Waals surface area contributed by atoms with Crippen LogP contribution in [-0.4, -0.2) is 49.8 Å². The van der Waals surface area contributed by atoms with Gasteiger partial charge in [0.25, 0.3) is 0 Å². The van der Waals surface area contributed by atoms with Crippen molar-refractivity contribution in [2.45, 2.75) is 58.7 Å². The van der Waals surface area contributed by atoms with Crippen LogP contribution in [0, 0.1) is 5.41 Å². The van der Waals surface area contributed by atoms with Crippen molar-refractivity contribution in [3.8, 4) is 0 Å². The minimum atomic E-state index is 0.393. The molecule has 3 atom stereocenters. The molecule has 18 heavy (non-hydrogen) atoms. The highest BCUT2D eigenvalue weighted by Gasteiger charge is 2.35. The van der Waals surface area contributed by atoms with Gasteiger partial charge in [0.05, 0.1) is 12.2 Å². The van der Waals surface area contributed by atoms with E-state index >= 15 is 0 Å². The van der Waals surface area contributed by atoms with E-state index in [0.717, 1.165) is 13.1 Å². The van der Waals surface area contributed by atoms with E-state index in [1.165, 1.54) is 45.3 Å². The van der Waals surface area contributed by atoms with Crippen LogP contribution in [0.15, 0.2) is 0 Å². The fraction of sp³-hybridized carbons (Fsp3) is 1.00. The van der Waals surface area contributed by atoms with Crippen LogP contribution in [0.1, 0.15) is 46.5 Å². The normalized spacial score (nSPS) is 38.8. The lowest BCUT2D eigenvalue weighted by Crippen LogP contribution is -2.53. The van der Waals surface area contributed by atoms with Crippen LogP contribution in [0.5, 0.6) is 0 Å². The van der Waals surface area contributed by atoms with Gasteiger partial charge in [-0.25, -0.2) is 0 Å². The third-order valence-corrected chi connectivity index (χ3v) is 4.40. The van der Waals surface area contributed by atoms with E-state index in [4.69, 9.17) is 4.74 Å². The number of hydrogen-bond donors (Lipinski definition) is 1. The van der Waals surface area contributed by atoms with Gasteiger partial charge in [0.2, 0.25) is 0 Å². The summed E-state index contributed by atoms with van der Waals surface area (Å²) in [4.78, 5) is 2.64. The average molecular weight is 254 g/mol. The molecular weight excluding hydrogens is 224 g/mol. The molecule has 2 heterocycles. The Morgan fingerprint density at radius 2 is 2.00 bits per heavy atom. The Bertz CT molecular complexity index is 235. The maximum atomic E-state index is 5.84. The van der Waals surface area contributed by atoms with Gasteiger partial charge in [-0.05, 0) is 45.1 Å². The van der Waals surface area contributed by atoms with Crippen molar-refractivity contribution in [1.29, 1.82) is 0 Å². The first-order chi connectivity index (χ1) is 8.63. The Hall–Kier alpha value is -0.120. The Labute approximate surface area is 112 Å². The van der Waals surface area contributed by atoms with Crippen molar-refractivity contribution in [1.82, 2.24) is 10.2 Å². The minimum absolute atomic E-state index is 0.393. The summed E-state index contributed by atoms with van der Waals surface area (Å²) < 4.78 is 5.84. The zero-order valence-corrected chi connectivity index (χ0v) is 12.4. The molecule has 3 heteroatoms. The first-order valence-electron chi connectivity index (χ1n) is 7.72. The summed E-state index contributed by atoms with van der Waals surface area (Å²) in [5, 5.41) is 3.61. The third-order valence-electron chi connectivity index (χ3n) is 4.40. The van der Waals surface area contributed by atoms with Crippen molar-refractivity contribution in [3.05, 3.63) is 0 Å². The van der Waals surface area contributed by atoms with Crippen LogP contribution in [0.4, 0.5) is 0 Å². The smallest absolute Gasteiger partial charge is 0.0678 e. The Morgan fingerprint density at radius 1 is 1.28 bits per heavy atom. The molecule has 2 saturated heterocycles. The Kier molecular flexibility index (Phi) is 5.05. The topological polar surface area (TPSA) is 24.5 Å². The summed E-state index contributed by atoms with van der Waals surface area (Å²) in [7, 11) is 0. The predicted octanol–water partition coefficient (Wildman–Crippen LogP) is 2.27. The second-order valence-corrected chi connectivity index (χ2v) is 6.48. The van der Waals surface area contributed by atoms with Crippen LogP contribution < -0.4 is 5.32 Å². The van der Waals surface area contributed by atoms with Gasteiger partial charge in [0.1, 0.15) is 0 Å². The fourth-order valence-electron chi connectivity index (χ4n) is 3.88. The average Bonchev–Trinajstić information content (AvgIpc) is 2.28. The van der Waals surface area contributed by atoms with E-state index in [1.54, 1.807) is 0 Å². The molecule has 0 aromatic heterocycles. The molecule has 0 aromatic carbocycles. The second-order valence-electron chi connectivity index (χ2n) is 6.48. The van der Waals surface area contributed by atoms with Gasteiger partial charge >= 0.3 is 0 Å². The highest BCUT2D eigenvalue weighted by atomic mass is 16.5. The number of rotatable bonds is 4. The SMILES string of the molecule is CCCC1(CN2C[C@@H](C)O[C@@H](C)C2)CCCNC1. The van der Waals surface area contributed by atoms with E-state index in [2.05, 4.69) is 31.0 Å². The summed E-state index contributed by atoms with van der Waals surface area (Å²) in [6.07, 6.45) is 6.19. The van der Waals surface area contributed by atoms with Crippen LogP contribution in [0.25, 0.3) is 0 Å². The molecule has 0 aromatic rings. The van der Waals surface area contributed by atoms with Crippen molar-refractivity contribution in [3.63, 3.8) is 0 Å². The van der Waals surface area contributed by atoms with Gasteiger partial charge in [-0.15, -0.1) is 0 Å². The lowest BCUT2D eigenvalue weighted by Gasteiger charge is -2.44. The van der Waals surface area contributed by atoms with E-state index < -0.39 is 0 Å². The molecular formula is C15H30N2O. The molecule has 0 aliphatic carbocycles. The van der Waals surface area contributed by atoms with Gasteiger partial charge in [0.15, 0.2) is 0 Å². The van der Waals surface area contributed by atoms with Gasteiger partial charge in [0, 0.05) is 26.2 Å². The van der Waals surface area contributed by atoms with Crippen LogP contribution in [0.2, 0.25) is 0 Å². The molecule has 3 nitrogen and oxygen atoms in total. The molecule has 1 unspecified atom stereocenters. The summed E-state index contributed by atoms with van der Waals surface area (Å²) >= 11 is 0. The monoisotopic (exact) mass is 254 g/mol. The van der Waals surface area contributed by atoms with Crippen molar-refractivity contribution in [2.75, 3.05) is 32.7 Å². The second kappa shape index (κ2) is 6.36. The van der Waals surface area contributed by atoms with Gasteiger partial charge in [-0.2, -0.15) is 0 Å². The lowest BCUT2D eigenvalue weighted by atomic mass is 9.76. The van der Waals surface area contributed by atoms with Crippen molar-refractivity contribution in [2.24, 2.45) is 5.41 Å². The van der Waals surface area contributed by atoms with Crippen molar-refractivity contribution >= 4 is 0 Å². The molecule has 0 amide bonds. The van der Waals surface area contributed by atoms with E-state index in [0.29, 0.717) is 17.6 Å². The van der Waals surface area contributed by atoms with E-state index in [9.17, 15) is 0 Å². The largest absolute Gasteiger partial charge is 0.373 e. The minimum Gasteiger partial charge on any atom is -0.373 e. The molecule has 0 radical (unpaired) electrons. The summed E-state index contributed by atoms with van der Waals surface area (Å²) in [6.45, 7) is 12.6. The molecule has 1 N–H and O–H groups in total. The number of nitrogens with one attached hydrogen (secondary N) is 1. The maximum absolute atomic E-state index is 5.84. The molecule has 0 saturated carbocycles. The van der Waals surface area contributed by atoms with Crippen LogP contribution in [-0.2, 0) is 4.74 Å². The van der Waals surface area contributed by atoms with E-state index in [1.807, 2.05) is 0 Å². The molecule has 0 spiro atoms. The zero-order valence-electron chi connectivity index (χ0n) is 12.4. The number of ether oxygens (including phenoxy) is 1. The summed E-state index contributed by atoms with van der Waals surface area (Å²) in [5.41, 5.74) is 0.518. The molecule has 2 aliphatic heterocycles. The highest BCUT2D eigenvalue weighted by molar-refractivity contribution is 4.89. The zero-order chi connectivity index (χ0) is 13.0. The highest BCUT2D eigenvalue weighted by Crippen LogP contribution is 2.33. The number of nitrogens with zero attached hydrogens (tertiary/aromatic N) is 1. The lowest BCUT2D eigenvalue weighted by molar-refractivity contribution is -0.0801. The molecule has 2 rings (SSSR count). The Balaban J connectivity index is 1.95. The standard InChI is InChI=1S/C15H30N2O/c1-4-6-15(7-5-8-16-11-15)12-17-9-13(2)18-14(3)10-17/h13-14,16H,4-12H2,1-3H3/t13-,14+,15?. The quantitative estimate of drug-likeness (QED) is 0.833. The maximum Gasteiger partial charge on any atom is 0.0678 e. The van der Waals surface area contributed by atoms with Crippen LogP contribution in [0.3, 0.4) is 0 Å². The van der Waals surface area contributed by atoms with Crippen molar-refractivity contribution < 1.29 is 4.74 Å². The fourth-order valence-corrected chi connectivity index (χ4v) is 3.88. The van der Waals surface area contributed by atoms with E-state index in [-0.39, 0.29) is 0 Å². The number of piperidine rings is 1. The molecule has 2 aliphatic rings. The Morgan fingerprint density at radius 3 is 2.56 bits per heavy atom. The van der Waals surface area contributed by atoms with Crippen LogP contribution >= 0.6 is 0 Å². The summed E-state index contributed by atoms with van der Waals surface area (Å²) in [6, 6.07) is 0. The summed E-state index contributed by atoms with van der Waals surface area (Å²) in [5.74, 6) is 0. The first-order valence-corrected chi connectivity index (χ1v) is 7.72. The number of hydrogen-bond acceptors (Lipinski definition) is 3. The number of morpholine rings is 1. The first kappa shape index (κ1) is 14.3. The molecule has 106 valence electrons. The van der Waals surface area contributed by atoms with Gasteiger partial charge < -0.3 is 10.1 Å².